The molecule has 4 aromatic rings. The van der Waals surface area contributed by atoms with Crippen LogP contribution in [0.25, 0.3) is 0 Å². The Bertz CT molecular complexity index is 1530. The average Bonchev–Trinajstić information content (AvgIpc) is 3.60. The molecule has 2 amide bonds. The Morgan fingerprint density at radius 1 is 0.895 bits per heavy atom. The lowest BCUT2D eigenvalue weighted by Crippen LogP contribution is -2.37. The van der Waals surface area contributed by atoms with E-state index in [2.05, 4.69) is 5.10 Å². The summed E-state index contributed by atoms with van der Waals surface area (Å²) >= 11 is 0. The lowest BCUT2D eigenvalue weighted by atomic mass is 9.90. The van der Waals surface area contributed by atoms with Crippen LogP contribution in [0.3, 0.4) is 0 Å². The zero-order chi connectivity index (χ0) is 26.4. The largest absolute Gasteiger partial charge is 0.422 e. The second-order valence-corrected chi connectivity index (χ2v) is 9.25. The maximum Gasteiger partial charge on any atom is 0.361 e. The van der Waals surface area contributed by atoms with Crippen LogP contribution in [0.5, 0.6) is 5.75 Å². The van der Waals surface area contributed by atoms with Gasteiger partial charge in [0.05, 0.1) is 17.4 Å². The number of fused-ring (bicyclic) bond motifs is 1. The molecule has 9 nitrogen and oxygen atoms in total. The highest BCUT2D eigenvalue weighted by atomic mass is 16.7. The summed E-state index contributed by atoms with van der Waals surface area (Å²) in [5, 5.41) is 5.63. The molecule has 0 radical (unpaired) electrons. The van der Waals surface area contributed by atoms with Crippen LogP contribution in [0, 0.1) is 12.8 Å². The van der Waals surface area contributed by atoms with Crippen molar-refractivity contribution in [1.82, 2.24) is 9.78 Å². The Morgan fingerprint density at radius 3 is 2.29 bits per heavy atom. The molecule has 3 heterocycles. The summed E-state index contributed by atoms with van der Waals surface area (Å²) in [4.78, 5) is 47.3. The molecule has 190 valence electrons. The molecule has 0 spiro atoms. The number of rotatable bonds is 5. The zero-order valence-corrected chi connectivity index (χ0v) is 20.7. The van der Waals surface area contributed by atoms with Crippen molar-refractivity contribution in [2.45, 2.75) is 19.1 Å². The standard InChI is InChI=1S/C29H24N4O5/c1-18-8-6-7-11-22(18)32-27(34)24-25(33(38-26(24)28(32)35)20-9-4-3-5-10-20)19-12-14-21(15-13-19)37-29(36)23-16-17-30-31(23)2/h3-17,24-26H,1-2H3/t24-,25+,26-/m1/s1. The number of aryl methyl sites for hydroxylation is 2. The highest BCUT2D eigenvalue weighted by molar-refractivity contribution is 6.24. The van der Waals surface area contributed by atoms with Gasteiger partial charge >= 0.3 is 5.97 Å². The second-order valence-electron chi connectivity index (χ2n) is 9.25. The van der Waals surface area contributed by atoms with Gasteiger partial charge in [0, 0.05) is 13.2 Å². The molecule has 0 aliphatic carbocycles. The molecule has 3 aromatic carbocycles. The van der Waals surface area contributed by atoms with Crippen LogP contribution in [-0.4, -0.2) is 33.7 Å². The molecule has 0 N–H and O–H groups in total. The van der Waals surface area contributed by atoms with Crippen molar-refractivity contribution in [1.29, 1.82) is 0 Å². The van der Waals surface area contributed by atoms with Crippen molar-refractivity contribution >= 4 is 29.2 Å². The van der Waals surface area contributed by atoms with E-state index in [0.717, 1.165) is 16.8 Å². The summed E-state index contributed by atoms with van der Waals surface area (Å²) in [6.45, 7) is 1.87. The van der Waals surface area contributed by atoms with E-state index >= 15 is 0 Å². The fourth-order valence-corrected chi connectivity index (χ4v) is 5.07. The fourth-order valence-electron chi connectivity index (χ4n) is 5.07. The average molecular weight is 509 g/mol. The summed E-state index contributed by atoms with van der Waals surface area (Å²) in [6, 6.07) is 24.6. The molecule has 9 heteroatoms. The molecule has 2 fully saturated rings. The topological polar surface area (TPSA) is 94.0 Å². The Morgan fingerprint density at radius 2 is 1.61 bits per heavy atom. The van der Waals surface area contributed by atoms with Gasteiger partial charge in [0.25, 0.3) is 5.91 Å². The molecule has 2 aliphatic rings. The van der Waals surface area contributed by atoms with Crippen molar-refractivity contribution in [2.24, 2.45) is 13.0 Å². The molecule has 0 bridgehead atoms. The van der Waals surface area contributed by atoms with Gasteiger partial charge in [0.15, 0.2) is 6.10 Å². The number of benzene rings is 3. The van der Waals surface area contributed by atoms with E-state index < -0.39 is 24.0 Å². The van der Waals surface area contributed by atoms with E-state index in [0.29, 0.717) is 17.1 Å². The summed E-state index contributed by atoms with van der Waals surface area (Å²) in [6.07, 6.45) is 0.559. The number of hydrogen-bond acceptors (Lipinski definition) is 7. The molecule has 1 aromatic heterocycles. The van der Waals surface area contributed by atoms with Crippen molar-refractivity contribution in [2.75, 3.05) is 9.96 Å². The molecule has 6 rings (SSSR count). The van der Waals surface area contributed by atoms with Crippen LogP contribution in [0.4, 0.5) is 11.4 Å². The van der Waals surface area contributed by atoms with E-state index in [-0.39, 0.29) is 11.8 Å². The number of ether oxygens (including phenoxy) is 1. The number of para-hydroxylation sites is 2. The smallest absolute Gasteiger partial charge is 0.361 e. The molecule has 38 heavy (non-hydrogen) atoms. The monoisotopic (exact) mass is 508 g/mol. The van der Waals surface area contributed by atoms with E-state index in [4.69, 9.17) is 9.57 Å². The third-order valence-corrected chi connectivity index (χ3v) is 6.94. The summed E-state index contributed by atoms with van der Waals surface area (Å²) < 4.78 is 6.95. The van der Waals surface area contributed by atoms with Crippen LogP contribution in [0.15, 0.2) is 91.1 Å². The van der Waals surface area contributed by atoms with Gasteiger partial charge in [0.1, 0.15) is 17.4 Å². The Hall–Kier alpha value is -4.76. The number of anilines is 2. The normalized spacial score (nSPS) is 20.6. The molecule has 2 aliphatic heterocycles. The number of nitrogens with zero attached hydrogens (tertiary/aromatic N) is 4. The molecule has 0 unspecified atom stereocenters. The Labute approximate surface area is 218 Å². The van der Waals surface area contributed by atoms with Gasteiger partial charge in [-0.2, -0.15) is 5.10 Å². The summed E-state index contributed by atoms with van der Waals surface area (Å²) in [5.74, 6) is -1.65. The maximum absolute atomic E-state index is 13.8. The van der Waals surface area contributed by atoms with E-state index in [9.17, 15) is 14.4 Å². The minimum atomic E-state index is -0.963. The second kappa shape index (κ2) is 9.28. The van der Waals surface area contributed by atoms with Crippen molar-refractivity contribution in [3.63, 3.8) is 0 Å². The van der Waals surface area contributed by atoms with Crippen molar-refractivity contribution in [3.05, 3.63) is 108 Å². The molecular formula is C29H24N4O5. The van der Waals surface area contributed by atoms with E-state index in [1.165, 1.54) is 15.8 Å². The first kappa shape index (κ1) is 23.6. The van der Waals surface area contributed by atoms with Crippen molar-refractivity contribution < 1.29 is 24.0 Å². The molecule has 3 atom stereocenters. The van der Waals surface area contributed by atoms with Crippen molar-refractivity contribution in [3.8, 4) is 5.75 Å². The lowest BCUT2D eigenvalue weighted by Gasteiger charge is -2.29. The van der Waals surface area contributed by atoms with E-state index in [1.807, 2.05) is 49.4 Å². The van der Waals surface area contributed by atoms with Gasteiger partial charge in [-0.05, 0) is 54.4 Å². The predicted molar refractivity (Wildman–Crippen MR) is 138 cm³/mol. The molecule has 0 saturated carbocycles. The summed E-state index contributed by atoms with van der Waals surface area (Å²) in [5.41, 5.74) is 3.17. The van der Waals surface area contributed by atoms with Gasteiger partial charge in [-0.25, -0.2) is 14.8 Å². The number of carbonyl (C=O) groups is 3. The van der Waals surface area contributed by atoms with Gasteiger partial charge < -0.3 is 4.74 Å². The number of hydrogen-bond donors (Lipinski definition) is 0. The number of aromatic nitrogens is 2. The third kappa shape index (κ3) is 3.84. The van der Waals surface area contributed by atoms with Crippen LogP contribution in [0.2, 0.25) is 0 Å². The van der Waals surface area contributed by atoms with Crippen LogP contribution in [0.1, 0.15) is 27.7 Å². The Balaban J connectivity index is 1.34. The maximum atomic E-state index is 13.8. The number of carbonyl (C=O) groups excluding carboxylic acids is 3. The Kier molecular flexibility index (Phi) is 5.77. The van der Waals surface area contributed by atoms with Gasteiger partial charge in [-0.15, -0.1) is 0 Å². The van der Waals surface area contributed by atoms with Crippen LogP contribution < -0.4 is 14.7 Å². The molecule has 2 saturated heterocycles. The lowest BCUT2D eigenvalue weighted by molar-refractivity contribution is -0.126. The first-order valence-electron chi connectivity index (χ1n) is 12.2. The number of imide groups is 1. The first-order valence-corrected chi connectivity index (χ1v) is 12.2. The number of esters is 1. The van der Waals surface area contributed by atoms with Gasteiger partial charge in [-0.3, -0.25) is 19.1 Å². The zero-order valence-electron chi connectivity index (χ0n) is 20.7. The number of hydroxylamine groups is 1. The highest BCUT2D eigenvalue weighted by Crippen LogP contribution is 2.48. The fraction of sp³-hybridized carbons (Fsp3) is 0.172. The first-order chi connectivity index (χ1) is 18.4. The minimum Gasteiger partial charge on any atom is -0.422 e. The van der Waals surface area contributed by atoms with Crippen LogP contribution in [-0.2, 0) is 21.5 Å². The van der Waals surface area contributed by atoms with E-state index in [1.54, 1.807) is 54.6 Å². The molecular weight excluding hydrogens is 484 g/mol. The van der Waals surface area contributed by atoms with Gasteiger partial charge in [0.2, 0.25) is 5.91 Å². The minimum absolute atomic E-state index is 0.315. The number of amides is 2. The third-order valence-electron chi connectivity index (χ3n) is 6.94. The summed E-state index contributed by atoms with van der Waals surface area (Å²) in [7, 11) is 1.66. The predicted octanol–water partition coefficient (Wildman–Crippen LogP) is 4.00. The highest BCUT2D eigenvalue weighted by Gasteiger charge is 2.60. The van der Waals surface area contributed by atoms with Gasteiger partial charge in [-0.1, -0.05) is 48.5 Å². The van der Waals surface area contributed by atoms with Crippen LogP contribution >= 0.6 is 0 Å². The quantitative estimate of drug-likeness (QED) is 0.229. The SMILES string of the molecule is Cc1ccccc1N1C(=O)[C@H]2[C@@H](ON(c3ccccc3)[C@H]2c2ccc(OC(=O)c3ccnn3C)cc2)C1=O.